The number of rotatable bonds is 6. The second kappa shape index (κ2) is 9.35. The number of amides is 1. The van der Waals surface area contributed by atoms with Crippen LogP contribution in [-0.4, -0.2) is 30.5 Å². The van der Waals surface area contributed by atoms with Crippen molar-refractivity contribution >= 4 is 34.6 Å². The first-order valence-corrected chi connectivity index (χ1v) is 12.3. The highest BCUT2D eigenvalue weighted by atomic mass is 32.1. The molecule has 1 fully saturated rings. The number of thiocarbonyl (C=S) groups is 1. The molecule has 5 rings (SSSR count). The lowest BCUT2D eigenvalue weighted by molar-refractivity contribution is -0.130. The van der Waals surface area contributed by atoms with E-state index in [0.717, 1.165) is 16.8 Å². The van der Waals surface area contributed by atoms with E-state index < -0.39 is 17.7 Å². The average Bonchev–Trinajstić information content (AvgIpc) is 2.84. The van der Waals surface area contributed by atoms with E-state index >= 15 is 0 Å². The molecule has 2 bridgehead atoms. The molecule has 2 N–H and O–H groups in total. The molecule has 36 heavy (non-hydrogen) atoms. The summed E-state index contributed by atoms with van der Waals surface area (Å²) in [5.41, 5.74) is 2.29. The van der Waals surface area contributed by atoms with Crippen LogP contribution in [0.15, 0.2) is 66.7 Å². The molecule has 1 amide bonds. The van der Waals surface area contributed by atoms with Crippen LogP contribution in [0.25, 0.3) is 0 Å². The number of hydrogen-bond acceptors (Lipinski definition) is 5. The Bertz CT molecular complexity index is 1310. The molecule has 0 aliphatic carbocycles. The van der Waals surface area contributed by atoms with E-state index in [1.165, 1.54) is 0 Å². The van der Waals surface area contributed by atoms with Crippen LogP contribution < -0.4 is 29.7 Å². The Hall–Kier alpha value is -3.78. The highest BCUT2D eigenvalue weighted by Crippen LogP contribution is 2.52. The highest BCUT2D eigenvalue weighted by Gasteiger charge is 2.59. The van der Waals surface area contributed by atoms with Gasteiger partial charge < -0.3 is 24.8 Å². The fraction of sp³-hybridized carbons (Fsp3) is 0.286. The Morgan fingerprint density at radius 3 is 2.61 bits per heavy atom. The number of hydrogen-bond donors (Lipinski definition) is 2. The van der Waals surface area contributed by atoms with Gasteiger partial charge in [0.15, 0.2) is 22.3 Å². The van der Waals surface area contributed by atoms with Crippen molar-refractivity contribution in [1.29, 1.82) is 0 Å². The maximum absolute atomic E-state index is 13.9. The number of benzene rings is 3. The Kier molecular flexibility index (Phi) is 6.22. The molecular weight excluding hydrogens is 474 g/mol. The van der Waals surface area contributed by atoms with Crippen LogP contribution in [0.3, 0.4) is 0 Å². The lowest BCUT2D eigenvalue weighted by atomic mass is 9.78. The van der Waals surface area contributed by atoms with Crippen molar-refractivity contribution in [1.82, 2.24) is 5.32 Å². The maximum atomic E-state index is 13.9. The summed E-state index contributed by atoms with van der Waals surface area (Å²) in [6.07, 6.45) is 0. The Balaban J connectivity index is 1.62. The van der Waals surface area contributed by atoms with E-state index in [0.29, 0.717) is 34.7 Å². The number of anilines is 2. The summed E-state index contributed by atoms with van der Waals surface area (Å²) in [7, 11) is 1.61. The number of aryl methyl sites for hydroxylation is 1. The first-order valence-electron chi connectivity index (χ1n) is 11.9. The number of carbonyl (C=O) groups is 1. The van der Waals surface area contributed by atoms with Gasteiger partial charge in [-0.1, -0.05) is 24.3 Å². The summed E-state index contributed by atoms with van der Waals surface area (Å²) in [4.78, 5) is 15.8. The zero-order chi connectivity index (χ0) is 25.4. The number of ether oxygens (including phenoxy) is 3. The largest absolute Gasteiger partial charge is 0.497 e. The quantitative estimate of drug-likeness (QED) is 0.448. The summed E-state index contributed by atoms with van der Waals surface area (Å²) in [6, 6.07) is 20.6. The summed E-state index contributed by atoms with van der Waals surface area (Å²) >= 11 is 5.85. The minimum absolute atomic E-state index is 0.187. The molecule has 186 valence electrons. The van der Waals surface area contributed by atoms with E-state index in [4.69, 9.17) is 26.4 Å². The third kappa shape index (κ3) is 4.01. The van der Waals surface area contributed by atoms with Crippen molar-refractivity contribution in [2.24, 2.45) is 5.92 Å². The van der Waals surface area contributed by atoms with E-state index in [-0.39, 0.29) is 5.91 Å². The smallest absolute Gasteiger partial charge is 0.236 e. The van der Waals surface area contributed by atoms with Crippen LogP contribution in [0.4, 0.5) is 11.4 Å². The number of para-hydroxylation sites is 1. The minimum atomic E-state index is -1.13. The second-order valence-corrected chi connectivity index (χ2v) is 9.45. The lowest BCUT2D eigenvalue weighted by Gasteiger charge is -2.56. The first kappa shape index (κ1) is 23.9. The Labute approximate surface area is 216 Å². The zero-order valence-electron chi connectivity index (χ0n) is 20.7. The van der Waals surface area contributed by atoms with Gasteiger partial charge in [0, 0.05) is 16.9 Å². The minimum Gasteiger partial charge on any atom is -0.497 e. The summed E-state index contributed by atoms with van der Waals surface area (Å²) in [5, 5.41) is 7.01. The van der Waals surface area contributed by atoms with Crippen LogP contribution in [0.2, 0.25) is 0 Å². The van der Waals surface area contributed by atoms with Crippen LogP contribution in [0, 0.1) is 12.8 Å². The molecule has 0 aromatic heterocycles. The van der Waals surface area contributed by atoms with Crippen molar-refractivity contribution in [3.8, 4) is 17.2 Å². The van der Waals surface area contributed by atoms with Crippen LogP contribution >= 0.6 is 12.2 Å². The van der Waals surface area contributed by atoms with Gasteiger partial charge in [-0.25, -0.2) is 0 Å². The van der Waals surface area contributed by atoms with E-state index in [9.17, 15) is 4.79 Å². The molecule has 0 spiro atoms. The van der Waals surface area contributed by atoms with Crippen LogP contribution in [0.5, 0.6) is 17.2 Å². The lowest BCUT2D eigenvalue weighted by Crippen LogP contribution is -2.72. The number of nitrogens with one attached hydrogen (secondary N) is 2. The maximum Gasteiger partial charge on any atom is 0.236 e. The van der Waals surface area contributed by atoms with Gasteiger partial charge in [-0.05, 0) is 81.0 Å². The number of carbonyl (C=O) groups excluding carboxylic acids is 1. The molecular formula is C28H29N3O4S. The molecule has 2 aliphatic rings. The molecule has 3 aromatic carbocycles. The Morgan fingerprint density at radius 2 is 1.92 bits per heavy atom. The molecule has 7 nitrogen and oxygen atoms in total. The number of fused-ring (bicyclic) bond motifs is 4. The first-order chi connectivity index (χ1) is 17.4. The molecule has 0 radical (unpaired) electrons. The van der Waals surface area contributed by atoms with Crippen molar-refractivity contribution < 1.29 is 19.0 Å². The van der Waals surface area contributed by atoms with Gasteiger partial charge in [0.2, 0.25) is 5.91 Å². The summed E-state index contributed by atoms with van der Waals surface area (Å²) < 4.78 is 17.9. The van der Waals surface area contributed by atoms with Crippen molar-refractivity contribution in [2.75, 3.05) is 23.9 Å². The third-order valence-electron chi connectivity index (χ3n) is 6.69. The van der Waals surface area contributed by atoms with Crippen molar-refractivity contribution in [3.63, 3.8) is 0 Å². The van der Waals surface area contributed by atoms with E-state index in [2.05, 4.69) is 10.6 Å². The molecule has 8 heteroatoms. The van der Waals surface area contributed by atoms with Crippen molar-refractivity contribution in [3.05, 3.63) is 77.9 Å². The van der Waals surface area contributed by atoms with E-state index in [1.807, 2.05) is 92.4 Å². The van der Waals surface area contributed by atoms with Gasteiger partial charge >= 0.3 is 0 Å². The molecule has 1 saturated heterocycles. The monoisotopic (exact) mass is 503 g/mol. The normalized spacial score (nSPS) is 22.1. The summed E-state index contributed by atoms with van der Waals surface area (Å²) in [6.45, 7) is 6.37. The number of methoxy groups -OCH3 is 1. The topological polar surface area (TPSA) is 72.1 Å². The van der Waals surface area contributed by atoms with Gasteiger partial charge in [0.25, 0.3) is 0 Å². The van der Waals surface area contributed by atoms with Gasteiger partial charge in [0.1, 0.15) is 11.7 Å². The molecule has 0 saturated carbocycles. The molecule has 3 atom stereocenters. The van der Waals surface area contributed by atoms with E-state index in [1.54, 1.807) is 7.11 Å². The SMILES string of the molecule is CCOc1cccc2c1O[C@@]1(C)[C@H](C(=O)Nc3ccc(OC)cc3)[C@@H]2NC(=S)N1c1cccc(C)c1. The fourth-order valence-electron chi connectivity index (χ4n) is 5.09. The fourth-order valence-corrected chi connectivity index (χ4v) is 5.50. The molecule has 0 unspecified atom stereocenters. The van der Waals surface area contributed by atoms with Gasteiger partial charge in [0.05, 0.1) is 19.8 Å². The molecule has 2 aliphatic heterocycles. The highest BCUT2D eigenvalue weighted by molar-refractivity contribution is 7.80. The standard InChI is InChI=1S/C28H29N3O4S/c1-5-34-22-11-7-10-21-24-23(26(32)29-18-12-14-20(33-4)15-13-18)28(3,35-25(21)22)31(27(36)30-24)19-9-6-8-17(2)16-19/h6-16,23-24H,5H2,1-4H3,(H,29,32)(H,30,36)/t23-,24+,28-/m0/s1. The zero-order valence-corrected chi connectivity index (χ0v) is 21.5. The second-order valence-electron chi connectivity index (χ2n) is 9.06. The van der Waals surface area contributed by atoms with Crippen LogP contribution in [-0.2, 0) is 4.79 Å². The molecule has 3 aromatic rings. The number of nitrogens with zero attached hydrogens (tertiary/aromatic N) is 1. The third-order valence-corrected chi connectivity index (χ3v) is 6.99. The van der Waals surface area contributed by atoms with Crippen molar-refractivity contribution in [2.45, 2.75) is 32.5 Å². The molecule has 2 heterocycles. The average molecular weight is 504 g/mol. The Morgan fingerprint density at radius 1 is 1.17 bits per heavy atom. The predicted molar refractivity (Wildman–Crippen MR) is 144 cm³/mol. The summed E-state index contributed by atoms with van der Waals surface area (Å²) in [5.74, 6) is 1.14. The predicted octanol–water partition coefficient (Wildman–Crippen LogP) is 5.20. The van der Waals surface area contributed by atoms with Gasteiger partial charge in [-0.3, -0.25) is 9.69 Å². The van der Waals surface area contributed by atoms with Gasteiger partial charge in [-0.15, -0.1) is 0 Å². The van der Waals surface area contributed by atoms with Crippen LogP contribution in [0.1, 0.15) is 31.0 Å². The van der Waals surface area contributed by atoms with Gasteiger partial charge in [-0.2, -0.15) is 0 Å².